The third-order valence-electron chi connectivity index (χ3n) is 7.48. The first kappa shape index (κ1) is 25.8. The molecule has 4 heterocycles. The highest BCUT2D eigenvalue weighted by Gasteiger charge is 2.25. The molecule has 0 radical (unpaired) electrons. The number of hydrogen-bond acceptors (Lipinski definition) is 7. The molecule has 3 aromatic heterocycles. The molecule has 42 heavy (non-hydrogen) atoms. The Bertz CT molecular complexity index is 2100. The second-order valence-corrected chi connectivity index (χ2v) is 10.4. The van der Waals surface area contributed by atoms with Gasteiger partial charge >= 0.3 is 0 Å². The van der Waals surface area contributed by atoms with Gasteiger partial charge in [-0.3, -0.25) is 14.2 Å². The number of aromatic nitrogens is 4. The molecule has 0 fully saturated rings. The average molecular weight is 577 g/mol. The summed E-state index contributed by atoms with van der Waals surface area (Å²) in [6.07, 6.45) is 2.92. The predicted octanol–water partition coefficient (Wildman–Crippen LogP) is 5.92. The summed E-state index contributed by atoms with van der Waals surface area (Å²) in [7, 11) is 0. The summed E-state index contributed by atoms with van der Waals surface area (Å²) in [5.74, 6) is 1.08. The van der Waals surface area contributed by atoms with E-state index >= 15 is 0 Å². The molecular weight excluding hydrogens is 552 g/mol. The SMILES string of the molecule is C[C@H](Nc1ncnc2[nH]ccc(=O)c12)c1c(Cl)c2cccc(-c3ccc4c(c3)OCCN4)c2c(=O)n1-c1ccccc1. The summed E-state index contributed by atoms with van der Waals surface area (Å²) in [6, 6.07) is 21.8. The van der Waals surface area contributed by atoms with Crippen LogP contribution in [0.1, 0.15) is 18.7 Å². The molecule has 208 valence electrons. The number of para-hydroxylation sites is 1. The van der Waals surface area contributed by atoms with E-state index in [-0.39, 0.29) is 11.0 Å². The van der Waals surface area contributed by atoms with Gasteiger partial charge < -0.3 is 20.4 Å². The van der Waals surface area contributed by atoms with Crippen LogP contribution in [-0.2, 0) is 0 Å². The van der Waals surface area contributed by atoms with Crippen molar-refractivity contribution in [3.63, 3.8) is 0 Å². The van der Waals surface area contributed by atoms with Crippen LogP contribution in [0.25, 0.3) is 38.6 Å². The minimum atomic E-state index is -0.528. The van der Waals surface area contributed by atoms with Gasteiger partial charge in [0.1, 0.15) is 35.5 Å². The van der Waals surface area contributed by atoms with Crippen molar-refractivity contribution in [1.29, 1.82) is 0 Å². The van der Waals surface area contributed by atoms with Crippen LogP contribution >= 0.6 is 11.6 Å². The molecule has 0 aliphatic carbocycles. The standard InChI is InChI=1S/C32H25ClN6O3/c1-18(38-31-27-24(40)12-13-35-30(27)36-17-37-31)29-28(33)22-9-5-8-21(19-10-11-23-25(16-19)42-15-14-34-23)26(22)32(41)39(29)20-6-3-2-4-7-20/h2-13,16-18,34H,14-15H2,1H3,(H2,35,36,37,38,40)/t18-/m0/s1. The minimum Gasteiger partial charge on any atom is -0.490 e. The number of hydrogen-bond donors (Lipinski definition) is 3. The second-order valence-electron chi connectivity index (χ2n) is 10.0. The molecule has 7 rings (SSSR count). The lowest BCUT2D eigenvalue weighted by atomic mass is 9.97. The Hall–Kier alpha value is -5.15. The zero-order chi connectivity index (χ0) is 28.8. The monoisotopic (exact) mass is 576 g/mol. The van der Waals surface area contributed by atoms with Gasteiger partial charge in [-0.15, -0.1) is 0 Å². The van der Waals surface area contributed by atoms with Crippen LogP contribution in [0, 0.1) is 0 Å². The summed E-state index contributed by atoms with van der Waals surface area (Å²) in [5, 5.41) is 8.52. The largest absolute Gasteiger partial charge is 0.490 e. The van der Waals surface area contributed by atoms with E-state index in [1.165, 1.54) is 12.4 Å². The van der Waals surface area contributed by atoms with E-state index in [4.69, 9.17) is 16.3 Å². The van der Waals surface area contributed by atoms with Crippen molar-refractivity contribution in [3.05, 3.63) is 117 Å². The van der Waals surface area contributed by atoms with Gasteiger partial charge in [0.15, 0.2) is 5.43 Å². The third kappa shape index (κ3) is 4.26. The Morgan fingerprint density at radius 2 is 1.86 bits per heavy atom. The van der Waals surface area contributed by atoms with Crippen LogP contribution in [0.5, 0.6) is 5.75 Å². The number of pyridine rings is 2. The van der Waals surface area contributed by atoms with Crippen molar-refractivity contribution >= 4 is 44.9 Å². The van der Waals surface area contributed by atoms with E-state index < -0.39 is 6.04 Å². The predicted molar refractivity (Wildman–Crippen MR) is 166 cm³/mol. The minimum absolute atomic E-state index is 0.220. The fourth-order valence-corrected chi connectivity index (χ4v) is 5.98. The van der Waals surface area contributed by atoms with Crippen molar-refractivity contribution in [2.75, 3.05) is 23.8 Å². The Balaban J connectivity index is 1.46. The number of fused-ring (bicyclic) bond motifs is 3. The molecule has 9 nitrogen and oxygen atoms in total. The maximum absolute atomic E-state index is 14.6. The Morgan fingerprint density at radius 1 is 1.00 bits per heavy atom. The van der Waals surface area contributed by atoms with Crippen LogP contribution < -0.4 is 26.4 Å². The van der Waals surface area contributed by atoms with Gasteiger partial charge in [-0.2, -0.15) is 0 Å². The highest BCUT2D eigenvalue weighted by molar-refractivity contribution is 6.36. The highest BCUT2D eigenvalue weighted by Crippen LogP contribution is 2.39. The fourth-order valence-electron chi connectivity index (χ4n) is 5.57. The molecule has 0 spiro atoms. The molecule has 0 saturated carbocycles. The fraction of sp³-hybridized carbons (Fsp3) is 0.125. The van der Waals surface area contributed by atoms with Crippen LogP contribution in [-0.4, -0.2) is 32.7 Å². The number of halogens is 1. The number of H-pyrrole nitrogens is 1. The molecule has 6 aromatic rings. The lowest BCUT2D eigenvalue weighted by molar-refractivity contribution is 0.323. The first-order chi connectivity index (χ1) is 20.5. The highest BCUT2D eigenvalue weighted by atomic mass is 35.5. The smallest absolute Gasteiger partial charge is 0.263 e. The van der Waals surface area contributed by atoms with Crippen molar-refractivity contribution < 1.29 is 4.74 Å². The number of anilines is 2. The zero-order valence-corrected chi connectivity index (χ0v) is 23.3. The Labute approximate surface area is 244 Å². The number of aromatic amines is 1. The topological polar surface area (TPSA) is 114 Å². The van der Waals surface area contributed by atoms with Gasteiger partial charge in [0, 0.05) is 29.9 Å². The maximum atomic E-state index is 14.6. The number of benzene rings is 3. The number of nitrogens with zero attached hydrogens (tertiary/aromatic N) is 3. The molecule has 3 N–H and O–H groups in total. The van der Waals surface area contributed by atoms with Crippen molar-refractivity contribution in [2.45, 2.75) is 13.0 Å². The Kier molecular flexibility index (Phi) is 6.36. The van der Waals surface area contributed by atoms with Crippen molar-refractivity contribution in [2.24, 2.45) is 0 Å². The molecule has 10 heteroatoms. The van der Waals surface area contributed by atoms with Crippen LogP contribution in [0.3, 0.4) is 0 Å². The van der Waals surface area contributed by atoms with E-state index in [1.54, 1.807) is 10.8 Å². The molecule has 0 saturated heterocycles. The molecule has 0 amide bonds. The molecule has 1 aliphatic rings. The Morgan fingerprint density at radius 3 is 2.71 bits per heavy atom. The zero-order valence-electron chi connectivity index (χ0n) is 22.5. The maximum Gasteiger partial charge on any atom is 0.263 e. The number of nitrogens with one attached hydrogen (secondary N) is 3. The molecule has 1 aliphatic heterocycles. The van der Waals surface area contributed by atoms with Crippen LogP contribution in [0.15, 0.2) is 94.9 Å². The molecule has 3 aromatic carbocycles. The first-order valence-electron chi connectivity index (χ1n) is 13.5. The van der Waals surface area contributed by atoms with Crippen molar-refractivity contribution in [1.82, 2.24) is 19.5 Å². The van der Waals surface area contributed by atoms with Gasteiger partial charge in [-0.25, -0.2) is 9.97 Å². The summed E-state index contributed by atoms with van der Waals surface area (Å²) in [5.41, 5.74) is 3.68. The van der Waals surface area contributed by atoms with Crippen LogP contribution in [0.2, 0.25) is 5.02 Å². The molecule has 0 unspecified atom stereocenters. The summed E-state index contributed by atoms with van der Waals surface area (Å²) >= 11 is 7.22. The average Bonchev–Trinajstić information content (AvgIpc) is 3.02. The second kappa shape index (κ2) is 10.4. The van der Waals surface area contributed by atoms with Gasteiger partial charge in [0.05, 0.1) is 27.8 Å². The number of ether oxygens (including phenoxy) is 1. The normalized spacial score (nSPS) is 13.3. The van der Waals surface area contributed by atoms with E-state index in [0.717, 1.165) is 29.1 Å². The first-order valence-corrected chi connectivity index (χ1v) is 13.9. The van der Waals surface area contributed by atoms with E-state index in [2.05, 4.69) is 25.6 Å². The summed E-state index contributed by atoms with van der Waals surface area (Å²) in [6.45, 7) is 3.20. The lowest BCUT2D eigenvalue weighted by Gasteiger charge is -2.24. The molecule has 0 bridgehead atoms. The van der Waals surface area contributed by atoms with Crippen LogP contribution in [0.4, 0.5) is 11.5 Å². The van der Waals surface area contributed by atoms with Crippen molar-refractivity contribution in [3.8, 4) is 22.6 Å². The van der Waals surface area contributed by atoms with Gasteiger partial charge in [-0.05, 0) is 42.3 Å². The van der Waals surface area contributed by atoms with E-state index in [9.17, 15) is 9.59 Å². The van der Waals surface area contributed by atoms with Gasteiger partial charge in [0.25, 0.3) is 5.56 Å². The van der Waals surface area contributed by atoms with E-state index in [1.807, 2.05) is 73.7 Å². The third-order valence-corrected chi connectivity index (χ3v) is 7.87. The molecule has 1 atom stereocenters. The quantitative estimate of drug-likeness (QED) is 0.233. The summed E-state index contributed by atoms with van der Waals surface area (Å²) < 4.78 is 7.51. The van der Waals surface area contributed by atoms with Gasteiger partial charge in [0.2, 0.25) is 0 Å². The summed E-state index contributed by atoms with van der Waals surface area (Å²) in [4.78, 5) is 38.8. The van der Waals surface area contributed by atoms with Gasteiger partial charge in [-0.1, -0.05) is 54.1 Å². The van der Waals surface area contributed by atoms with E-state index in [0.29, 0.717) is 50.6 Å². The number of rotatable bonds is 5. The molecular formula is C32H25ClN6O3. The lowest BCUT2D eigenvalue weighted by Crippen LogP contribution is -2.27.